The Balaban J connectivity index is 1.64. The SMILES string of the molecule is O=C(NCc1ccc([C@H](O)c2cccs2)s1)c1cccc(C(F)(F)F)c1. The summed E-state index contributed by atoms with van der Waals surface area (Å²) in [5.41, 5.74) is -0.905. The highest BCUT2D eigenvalue weighted by Crippen LogP contribution is 2.31. The van der Waals surface area contributed by atoms with E-state index in [-0.39, 0.29) is 12.1 Å². The van der Waals surface area contributed by atoms with Gasteiger partial charge >= 0.3 is 6.18 Å². The van der Waals surface area contributed by atoms with E-state index < -0.39 is 23.8 Å². The van der Waals surface area contributed by atoms with Crippen LogP contribution in [0.3, 0.4) is 0 Å². The van der Waals surface area contributed by atoms with E-state index >= 15 is 0 Å². The molecule has 0 saturated heterocycles. The van der Waals surface area contributed by atoms with Crippen LogP contribution in [0, 0.1) is 0 Å². The van der Waals surface area contributed by atoms with Gasteiger partial charge in [0.25, 0.3) is 5.91 Å². The number of benzene rings is 1. The predicted molar refractivity (Wildman–Crippen MR) is 95.3 cm³/mol. The highest BCUT2D eigenvalue weighted by Gasteiger charge is 2.30. The quantitative estimate of drug-likeness (QED) is 0.647. The van der Waals surface area contributed by atoms with Crippen molar-refractivity contribution in [2.75, 3.05) is 0 Å². The van der Waals surface area contributed by atoms with Gasteiger partial charge in [-0.15, -0.1) is 22.7 Å². The molecule has 0 spiro atoms. The minimum atomic E-state index is -4.49. The topological polar surface area (TPSA) is 49.3 Å². The Hall–Kier alpha value is -2.16. The van der Waals surface area contributed by atoms with Crippen LogP contribution < -0.4 is 5.32 Å². The van der Waals surface area contributed by atoms with Gasteiger partial charge < -0.3 is 10.4 Å². The van der Waals surface area contributed by atoms with Gasteiger partial charge in [-0.25, -0.2) is 0 Å². The zero-order valence-electron chi connectivity index (χ0n) is 13.3. The van der Waals surface area contributed by atoms with Gasteiger partial charge in [-0.1, -0.05) is 12.1 Å². The van der Waals surface area contributed by atoms with Crippen LogP contribution in [-0.2, 0) is 12.7 Å². The molecule has 2 aromatic heterocycles. The number of rotatable bonds is 5. The van der Waals surface area contributed by atoms with Crippen LogP contribution in [0.2, 0.25) is 0 Å². The fraction of sp³-hybridized carbons (Fsp3) is 0.167. The molecule has 0 bridgehead atoms. The van der Waals surface area contributed by atoms with Gasteiger partial charge in [-0.3, -0.25) is 4.79 Å². The molecule has 1 atom stereocenters. The summed E-state index contributed by atoms with van der Waals surface area (Å²) in [6.07, 6.45) is -5.20. The molecular formula is C18H14F3NO2S2. The number of carbonyl (C=O) groups excluding carboxylic acids is 1. The smallest absolute Gasteiger partial charge is 0.382 e. The molecule has 0 fully saturated rings. The van der Waals surface area contributed by atoms with Crippen LogP contribution >= 0.6 is 22.7 Å². The average molecular weight is 397 g/mol. The lowest BCUT2D eigenvalue weighted by Gasteiger charge is -2.09. The number of amides is 1. The summed E-state index contributed by atoms with van der Waals surface area (Å²) in [6.45, 7) is 0.177. The number of carbonyl (C=O) groups is 1. The van der Waals surface area contributed by atoms with Crippen molar-refractivity contribution in [2.45, 2.75) is 18.8 Å². The van der Waals surface area contributed by atoms with Crippen molar-refractivity contribution in [3.05, 3.63) is 79.7 Å². The normalized spacial score (nSPS) is 12.8. The first-order valence-electron chi connectivity index (χ1n) is 7.60. The molecule has 3 aromatic rings. The van der Waals surface area contributed by atoms with Crippen molar-refractivity contribution in [3.8, 4) is 0 Å². The first-order valence-corrected chi connectivity index (χ1v) is 9.30. The van der Waals surface area contributed by atoms with E-state index in [2.05, 4.69) is 5.32 Å². The number of thiophene rings is 2. The molecule has 0 radical (unpaired) electrons. The first-order chi connectivity index (χ1) is 12.3. The summed E-state index contributed by atoms with van der Waals surface area (Å²) in [6, 6.07) is 11.6. The summed E-state index contributed by atoms with van der Waals surface area (Å²) >= 11 is 2.79. The maximum Gasteiger partial charge on any atom is 0.416 e. The summed E-state index contributed by atoms with van der Waals surface area (Å²) < 4.78 is 38.2. The highest BCUT2D eigenvalue weighted by atomic mass is 32.1. The number of nitrogens with one attached hydrogen (secondary N) is 1. The molecular weight excluding hydrogens is 383 g/mol. The van der Waals surface area contributed by atoms with Gasteiger partial charge in [-0.05, 0) is 41.8 Å². The van der Waals surface area contributed by atoms with E-state index in [9.17, 15) is 23.1 Å². The Morgan fingerprint density at radius 3 is 2.62 bits per heavy atom. The molecule has 136 valence electrons. The number of halogens is 3. The van der Waals surface area contributed by atoms with Gasteiger partial charge in [0, 0.05) is 20.2 Å². The largest absolute Gasteiger partial charge is 0.416 e. The van der Waals surface area contributed by atoms with Crippen LogP contribution in [-0.4, -0.2) is 11.0 Å². The molecule has 3 nitrogen and oxygen atoms in total. The third kappa shape index (κ3) is 4.32. The van der Waals surface area contributed by atoms with Gasteiger partial charge in [0.2, 0.25) is 0 Å². The average Bonchev–Trinajstić information content (AvgIpc) is 3.30. The molecule has 0 saturated carbocycles. The first kappa shape index (κ1) is 18.6. The number of hydrogen-bond donors (Lipinski definition) is 2. The molecule has 8 heteroatoms. The second kappa shape index (κ2) is 7.61. The zero-order valence-corrected chi connectivity index (χ0v) is 14.9. The summed E-state index contributed by atoms with van der Waals surface area (Å²) in [4.78, 5) is 14.5. The standard InChI is InChI=1S/C18H14F3NO2S2/c19-18(20,21)12-4-1-3-11(9-12)17(24)22-10-13-6-7-15(26-13)16(23)14-5-2-8-25-14/h1-9,16,23H,10H2,(H,22,24)/t16-/m1/s1. The molecule has 0 aliphatic rings. The molecule has 0 unspecified atom stereocenters. The molecule has 1 amide bonds. The van der Waals surface area contributed by atoms with Crippen molar-refractivity contribution in [3.63, 3.8) is 0 Å². The summed E-state index contributed by atoms with van der Waals surface area (Å²) in [7, 11) is 0. The second-order valence-corrected chi connectivity index (χ2v) is 7.66. The summed E-state index contributed by atoms with van der Waals surface area (Å²) in [5, 5.41) is 14.8. The van der Waals surface area contributed by atoms with Gasteiger partial charge in [-0.2, -0.15) is 13.2 Å². The van der Waals surface area contributed by atoms with E-state index in [0.29, 0.717) is 0 Å². The number of hydrogen-bond acceptors (Lipinski definition) is 4. The maximum absolute atomic E-state index is 12.7. The minimum Gasteiger partial charge on any atom is -0.382 e. The van der Waals surface area contributed by atoms with Crippen LogP contribution in [0.4, 0.5) is 13.2 Å². The van der Waals surface area contributed by atoms with Crippen LogP contribution in [0.15, 0.2) is 53.9 Å². The number of aliphatic hydroxyl groups is 1. The van der Waals surface area contributed by atoms with Crippen molar-refractivity contribution in [2.24, 2.45) is 0 Å². The predicted octanol–water partition coefficient (Wildman–Crippen LogP) is 4.84. The molecule has 2 N–H and O–H groups in total. The molecule has 2 heterocycles. The van der Waals surface area contributed by atoms with E-state index in [4.69, 9.17) is 0 Å². The van der Waals surface area contributed by atoms with Gasteiger partial charge in [0.1, 0.15) is 6.10 Å². The minimum absolute atomic E-state index is 0.0461. The fourth-order valence-corrected chi connectivity index (χ4v) is 4.09. The van der Waals surface area contributed by atoms with E-state index in [1.807, 2.05) is 17.5 Å². The zero-order chi connectivity index (χ0) is 18.7. The Morgan fingerprint density at radius 1 is 1.12 bits per heavy atom. The third-order valence-electron chi connectivity index (χ3n) is 3.64. The van der Waals surface area contributed by atoms with Crippen LogP contribution in [0.25, 0.3) is 0 Å². The molecule has 0 aliphatic carbocycles. The van der Waals surface area contributed by atoms with Crippen LogP contribution in [0.1, 0.15) is 36.7 Å². The van der Waals surface area contributed by atoms with E-state index in [1.54, 1.807) is 12.1 Å². The Bertz CT molecular complexity index is 888. The Morgan fingerprint density at radius 2 is 1.92 bits per heavy atom. The lowest BCUT2D eigenvalue weighted by Crippen LogP contribution is -2.22. The van der Waals surface area contributed by atoms with Crippen LogP contribution in [0.5, 0.6) is 0 Å². The molecule has 0 aliphatic heterocycles. The lowest BCUT2D eigenvalue weighted by atomic mass is 10.1. The highest BCUT2D eigenvalue weighted by molar-refractivity contribution is 7.12. The third-order valence-corrected chi connectivity index (χ3v) is 5.70. The second-order valence-electron chi connectivity index (χ2n) is 5.48. The monoisotopic (exact) mass is 397 g/mol. The van der Waals surface area contributed by atoms with Crippen molar-refractivity contribution in [1.29, 1.82) is 0 Å². The Labute approximate surface area is 155 Å². The molecule has 1 aromatic carbocycles. The lowest BCUT2D eigenvalue weighted by molar-refractivity contribution is -0.137. The fourth-order valence-electron chi connectivity index (χ4n) is 2.33. The number of aliphatic hydroxyl groups excluding tert-OH is 1. The van der Waals surface area contributed by atoms with E-state index in [1.165, 1.54) is 34.8 Å². The summed E-state index contributed by atoms with van der Waals surface area (Å²) in [5.74, 6) is -0.579. The number of alkyl halides is 3. The van der Waals surface area contributed by atoms with Gasteiger partial charge in [0.15, 0.2) is 0 Å². The van der Waals surface area contributed by atoms with Crippen molar-refractivity contribution < 1.29 is 23.1 Å². The van der Waals surface area contributed by atoms with E-state index in [0.717, 1.165) is 26.8 Å². The van der Waals surface area contributed by atoms with Gasteiger partial charge in [0.05, 0.1) is 12.1 Å². The maximum atomic E-state index is 12.7. The Kier molecular flexibility index (Phi) is 5.45. The van der Waals surface area contributed by atoms with Crippen molar-refractivity contribution >= 4 is 28.6 Å². The van der Waals surface area contributed by atoms with Crippen molar-refractivity contribution in [1.82, 2.24) is 5.32 Å². The molecule has 26 heavy (non-hydrogen) atoms. The molecule has 3 rings (SSSR count).